The molecule has 1 aromatic heterocycles. The van der Waals surface area contributed by atoms with Crippen LogP contribution in [-0.2, 0) is 6.54 Å². The van der Waals surface area contributed by atoms with Crippen LogP contribution in [0.5, 0.6) is 5.75 Å². The van der Waals surface area contributed by atoms with E-state index in [-0.39, 0.29) is 0 Å². The maximum atomic E-state index is 5.15. The second-order valence-corrected chi connectivity index (χ2v) is 3.94. The molecule has 78 valence electrons. The van der Waals surface area contributed by atoms with Gasteiger partial charge in [0.1, 0.15) is 5.75 Å². The van der Waals surface area contributed by atoms with Crippen molar-refractivity contribution in [2.75, 3.05) is 12.4 Å². The van der Waals surface area contributed by atoms with E-state index in [4.69, 9.17) is 4.74 Å². The summed E-state index contributed by atoms with van der Waals surface area (Å²) in [6.45, 7) is 0.769. The van der Waals surface area contributed by atoms with E-state index < -0.39 is 0 Å². The van der Waals surface area contributed by atoms with Gasteiger partial charge in [-0.1, -0.05) is 12.1 Å². The van der Waals surface area contributed by atoms with Crippen LogP contribution in [0.1, 0.15) is 5.56 Å². The average molecular weight is 220 g/mol. The summed E-state index contributed by atoms with van der Waals surface area (Å²) in [5.74, 6) is 0.883. The molecule has 1 N–H and O–H groups in total. The molecule has 0 radical (unpaired) electrons. The van der Waals surface area contributed by atoms with Gasteiger partial charge >= 0.3 is 0 Å². The molecule has 3 nitrogen and oxygen atoms in total. The molecular weight excluding hydrogens is 208 g/mol. The molecule has 0 atom stereocenters. The van der Waals surface area contributed by atoms with Gasteiger partial charge in [0.25, 0.3) is 0 Å². The molecule has 15 heavy (non-hydrogen) atoms. The fraction of sp³-hybridized carbons (Fsp3) is 0.182. The van der Waals surface area contributed by atoms with Crippen LogP contribution in [0, 0.1) is 0 Å². The second kappa shape index (κ2) is 4.79. The first-order valence-corrected chi connectivity index (χ1v) is 5.53. The highest BCUT2D eigenvalue weighted by molar-refractivity contribution is 7.13. The van der Waals surface area contributed by atoms with Gasteiger partial charge < -0.3 is 10.1 Å². The molecule has 0 saturated heterocycles. The molecule has 1 aromatic carbocycles. The summed E-state index contributed by atoms with van der Waals surface area (Å²) in [4.78, 5) is 4.15. The summed E-state index contributed by atoms with van der Waals surface area (Å²) in [5.41, 5.74) is 1.18. The zero-order valence-electron chi connectivity index (χ0n) is 8.43. The van der Waals surface area contributed by atoms with Crippen LogP contribution in [-0.4, -0.2) is 12.1 Å². The smallest absolute Gasteiger partial charge is 0.182 e. The first-order valence-electron chi connectivity index (χ1n) is 4.65. The van der Waals surface area contributed by atoms with E-state index in [1.54, 1.807) is 24.6 Å². The lowest BCUT2D eigenvalue weighted by molar-refractivity contribution is 0.414. The van der Waals surface area contributed by atoms with Crippen molar-refractivity contribution < 1.29 is 4.74 Å². The molecule has 2 rings (SSSR count). The quantitative estimate of drug-likeness (QED) is 0.860. The van der Waals surface area contributed by atoms with Crippen molar-refractivity contribution in [2.45, 2.75) is 6.54 Å². The number of methoxy groups -OCH3 is 1. The summed E-state index contributed by atoms with van der Waals surface area (Å²) in [7, 11) is 1.67. The normalized spacial score (nSPS) is 9.93. The lowest BCUT2D eigenvalue weighted by Gasteiger charge is -2.04. The molecule has 0 amide bonds. The van der Waals surface area contributed by atoms with Crippen LogP contribution in [0.4, 0.5) is 5.13 Å². The highest BCUT2D eigenvalue weighted by atomic mass is 32.1. The van der Waals surface area contributed by atoms with E-state index in [2.05, 4.69) is 16.4 Å². The Hall–Kier alpha value is -1.55. The van der Waals surface area contributed by atoms with Gasteiger partial charge in [-0.05, 0) is 17.7 Å². The number of rotatable bonds is 4. The molecule has 1 heterocycles. The van der Waals surface area contributed by atoms with E-state index >= 15 is 0 Å². The molecule has 0 aliphatic carbocycles. The molecule has 0 unspecified atom stereocenters. The molecule has 2 aromatic rings. The second-order valence-electron chi connectivity index (χ2n) is 3.04. The van der Waals surface area contributed by atoms with Gasteiger partial charge in [-0.3, -0.25) is 0 Å². The van der Waals surface area contributed by atoms with Crippen LogP contribution < -0.4 is 10.1 Å². The fourth-order valence-electron chi connectivity index (χ4n) is 1.27. The Morgan fingerprint density at radius 2 is 2.40 bits per heavy atom. The summed E-state index contributed by atoms with van der Waals surface area (Å²) >= 11 is 1.60. The Balaban J connectivity index is 1.98. The van der Waals surface area contributed by atoms with Crippen LogP contribution in [0.3, 0.4) is 0 Å². The van der Waals surface area contributed by atoms with Crippen LogP contribution >= 0.6 is 11.3 Å². The number of benzene rings is 1. The SMILES string of the molecule is COc1cccc(CNc2nccs2)c1. The predicted molar refractivity (Wildman–Crippen MR) is 62.4 cm³/mol. The monoisotopic (exact) mass is 220 g/mol. The molecular formula is C11H12N2OS. The van der Waals surface area contributed by atoms with E-state index in [0.717, 1.165) is 17.4 Å². The lowest BCUT2D eigenvalue weighted by atomic mass is 10.2. The number of nitrogens with one attached hydrogen (secondary N) is 1. The van der Waals surface area contributed by atoms with Crippen molar-refractivity contribution in [1.29, 1.82) is 0 Å². The number of thiazole rings is 1. The Morgan fingerprint density at radius 3 is 3.13 bits per heavy atom. The van der Waals surface area contributed by atoms with Crippen molar-refractivity contribution in [3.63, 3.8) is 0 Å². The van der Waals surface area contributed by atoms with Crippen molar-refractivity contribution in [1.82, 2.24) is 4.98 Å². The highest BCUT2D eigenvalue weighted by Gasteiger charge is 1.97. The molecule has 0 aliphatic rings. The zero-order chi connectivity index (χ0) is 10.5. The lowest BCUT2D eigenvalue weighted by Crippen LogP contribution is -1.98. The third-order valence-corrected chi connectivity index (χ3v) is 2.74. The Kier molecular flexibility index (Phi) is 3.19. The Bertz CT molecular complexity index is 414. The minimum Gasteiger partial charge on any atom is -0.497 e. The maximum absolute atomic E-state index is 5.15. The number of hydrogen-bond acceptors (Lipinski definition) is 4. The summed E-state index contributed by atoms with van der Waals surface area (Å²) in [6.07, 6.45) is 1.79. The molecule has 0 spiro atoms. The van der Waals surface area contributed by atoms with Gasteiger partial charge in [0.2, 0.25) is 0 Å². The largest absolute Gasteiger partial charge is 0.497 e. The van der Waals surface area contributed by atoms with Gasteiger partial charge in [0.15, 0.2) is 5.13 Å². The molecule has 0 saturated carbocycles. The first-order chi connectivity index (χ1) is 7.38. The zero-order valence-corrected chi connectivity index (χ0v) is 9.25. The molecule has 4 heteroatoms. The highest BCUT2D eigenvalue weighted by Crippen LogP contribution is 2.15. The number of aromatic nitrogens is 1. The van der Waals surface area contributed by atoms with Gasteiger partial charge in [0, 0.05) is 18.1 Å². The standard InChI is InChI=1S/C11H12N2OS/c1-14-10-4-2-3-9(7-10)8-13-11-12-5-6-15-11/h2-7H,8H2,1H3,(H,12,13). The van der Waals surface area contributed by atoms with Crippen molar-refractivity contribution in [2.24, 2.45) is 0 Å². The van der Waals surface area contributed by atoms with Crippen molar-refractivity contribution in [3.8, 4) is 5.75 Å². The van der Waals surface area contributed by atoms with Gasteiger partial charge in [-0.15, -0.1) is 11.3 Å². The third kappa shape index (κ3) is 2.70. The minimum absolute atomic E-state index is 0.769. The van der Waals surface area contributed by atoms with Crippen LogP contribution in [0.25, 0.3) is 0 Å². The summed E-state index contributed by atoms with van der Waals surface area (Å²) < 4.78 is 5.15. The average Bonchev–Trinajstić information content (AvgIpc) is 2.79. The summed E-state index contributed by atoms with van der Waals surface area (Å²) in [6, 6.07) is 7.99. The van der Waals surface area contributed by atoms with E-state index in [0.29, 0.717) is 0 Å². The third-order valence-electron chi connectivity index (χ3n) is 2.01. The van der Waals surface area contributed by atoms with E-state index in [1.165, 1.54) is 5.56 Å². The molecule has 0 fully saturated rings. The maximum Gasteiger partial charge on any atom is 0.182 e. The van der Waals surface area contributed by atoms with Gasteiger partial charge in [-0.2, -0.15) is 0 Å². The predicted octanol–water partition coefficient (Wildman–Crippen LogP) is 2.76. The van der Waals surface area contributed by atoms with Crippen molar-refractivity contribution >= 4 is 16.5 Å². The minimum atomic E-state index is 0.769. The first kappa shape index (κ1) is 9.98. The summed E-state index contributed by atoms with van der Waals surface area (Å²) in [5, 5.41) is 6.14. The fourth-order valence-corrected chi connectivity index (χ4v) is 1.80. The van der Waals surface area contributed by atoms with E-state index in [9.17, 15) is 0 Å². The van der Waals surface area contributed by atoms with Gasteiger partial charge in [-0.25, -0.2) is 4.98 Å². The number of anilines is 1. The van der Waals surface area contributed by atoms with Crippen LogP contribution in [0.2, 0.25) is 0 Å². The topological polar surface area (TPSA) is 34.1 Å². The number of nitrogens with zero attached hydrogens (tertiary/aromatic N) is 1. The number of ether oxygens (including phenoxy) is 1. The number of hydrogen-bond donors (Lipinski definition) is 1. The van der Waals surface area contributed by atoms with Crippen molar-refractivity contribution in [3.05, 3.63) is 41.4 Å². The van der Waals surface area contributed by atoms with Gasteiger partial charge in [0.05, 0.1) is 7.11 Å². The Morgan fingerprint density at radius 1 is 1.47 bits per heavy atom. The van der Waals surface area contributed by atoms with E-state index in [1.807, 2.05) is 23.6 Å². The van der Waals surface area contributed by atoms with Crippen LogP contribution in [0.15, 0.2) is 35.8 Å². The molecule has 0 bridgehead atoms. The molecule has 0 aliphatic heterocycles. The Labute approximate surface area is 92.7 Å².